The number of aryl methyl sites for hydroxylation is 1. The predicted octanol–water partition coefficient (Wildman–Crippen LogP) is 5.93. The predicted molar refractivity (Wildman–Crippen MR) is 187 cm³/mol. The minimum absolute atomic E-state index is 0.0248. The number of carbonyl (C=O) groups excluding carboxylic acids is 1. The molecule has 1 spiro atoms. The van der Waals surface area contributed by atoms with Crippen molar-refractivity contribution >= 4 is 59.0 Å². The number of nitrogens with zero attached hydrogens (tertiary/aromatic N) is 4. The summed E-state index contributed by atoms with van der Waals surface area (Å²) in [5.41, 5.74) is 2.43. The van der Waals surface area contributed by atoms with Crippen molar-refractivity contribution in [3.05, 3.63) is 98.3 Å². The lowest BCUT2D eigenvalue weighted by Gasteiger charge is -2.37. The van der Waals surface area contributed by atoms with Gasteiger partial charge < -0.3 is 19.5 Å². The van der Waals surface area contributed by atoms with Gasteiger partial charge in [-0.15, -0.1) is 5.10 Å². The largest absolute Gasteiger partial charge is 0.497 e. The van der Waals surface area contributed by atoms with Gasteiger partial charge in [-0.2, -0.15) is 0 Å². The number of amides is 1. The van der Waals surface area contributed by atoms with Gasteiger partial charge >= 0.3 is 0 Å². The van der Waals surface area contributed by atoms with E-state index in [-0.39, 0.29) is 30.1 Å². The molecule has 2 aliphatic heterocycles. The number of aromatic nitrogens is 3. The van der Waals surface area contributed by atoms with Gasteiger partial charge in [0.1, 0.15) is 5.75 Å². The first-order valence-corrected chi connectivity index (χ1v) is 19.8. The van der Waals surface area contributed by atoms with Crippen molar-refractivity contribution in [1.82, 2.24) is 15.0 Å². The summed E-state index contributed by atoms with van der Waals surface area (Å²) >= 11 is 8.93. The molecule has 6 rings (SSSR count). The number of aliphatic hydroxyl groups is 1. The summed E-state index contributed by atoms with van der Waals surface area (Å²) in [6.45, 7) is 8.00. The van der Waals surface area contributed by atoms with Crippen molar-refractivity contribution in [2.24, 2.45) is 5.92 Å². The van der Waals surface area contributed by atoms with E-state index in [1.165, 1.54) is 5.19 Å². The zero-order chi connectivity index (χ0) is 31.9. The van der Waals surface area contributed by atoms with Crippen molar-refractivity contribution in [3.8, 4) is 5.75 Å². The molecule has 1 fully saturated rings. The number of fused-ring (bicyclic) bond motifs is 2. The molecular weight excluding hydrogens is 719 g/mol. The molecule has 1 N–H and O–H groups in total. The summed E-state index contributed by atoms with van der Waals surface area (Å²) in [6, 6.07) is 22.4. The summed E-state index contributed by atoms with van der Waals surface area (Å²) < 4.78 is 15.6. The number of hydrogen-bond donors (Lipinski definition) is 1. The van der Waals surface area contributed by atoms with Crippen molar-refractivity contribution in [1.29, 1.82) is 0 Å². The molecule has 8 nitrogen and oxygen atoms in total. The van der Waals surface area contributed by atoms with Gasteiger partial charge in [0.2, 0.25) is 0 Å². The highest BCUT2D eigenvalue weighted by molar-refractivity contribution is 14.1. The second kappa shape index (κ2) is 12.8. The highest BCUT2D eigenvalue weighted by Crippen LogP contribution is 2.60. The number of anilines is 1. The Morgan fingerprint density at radius 2 is 1.84 bits per heavy atom. The number of aliphatic hydroxyl groups excluding tert-OH is 1. The molecule has 3 heterocycles. The molecule has 4 atom stereocenters. The number of hydrogen-bond acceptors (Lipinski definition) is 6. The standard InChI is InChI=1S/C34H38ClIN4O4Si/c1-22-32(45(3,4)28-12-10-27(43-2)11-13-28)31(15-17-39-21-26(16-18-41)37-38-39)44-34(22)29-19-24(35)7-14-30(29)40(33(34)42)20-23-5-8-25(36)9-6-23/h5-14,19,21-22,31-32,41H,15-18,20H2,1-4H3/t22-,31+,32-,34+/m0/s1. The molecule has 4 aromatic rings. The number of rotatable bonds is 10. The maximum Gasteiger partial charge on any atom is 0.264 e. The quantitative estimate of drug-likeness (QED) is 0.160. The molecule has 1 saturated heterocycles. The van der Waals surface area contributed by atoms with E-state index in [0.29, 0.717) is 31.0 Å². The summed E-state index contributed by atoms with van der Waals surface area (Å²) in [4.78, 5) is 16.8. The Hall–Kier alpha value is -2.77. The molecule has 0 unspecified atom stereocenters. The monoisotopic (exact) mass is 756 g/mol. The fourth-order valence-electron chi connectivity index (χ4n) is 7.42. The van der Waals surface area contributed by atoms with Crippen LogP contribution in [0.1, 0.15) is 30.2 Å². The third-order valence-corrected chi connectivity index (χ3v) is 15.0. The Balaban J connectivity index is 1.41. The summed E-state index contributed by atoms with van der Waals surface area (Å²) in [7, 11) is -0.601. The van der Waals surface area contributed by atoms with Crippen LogP contribution >= 0.6 is 34.2 Å². The lowest BCUT2D eigenvalue weighted by molar-refractivity contribution is -0.146. The smallest absolute Gasteiger partial charge is 0.264 e. The van der Waals surface area contributed by atoms with Gasteiger partial charge in [0.05, 0.1) is 39.2 Å². The Morgan fingerprint density at radius 1 is 1.11 bits per heavy atom. The Bertz CT molecular complexity index is 1680. The topological polar surface area (TPSA) is 89.7 Å². The molecule has 0 saturated carbocycles. The van der Waals surface area contributed by atoms with Crippen molar-refractivity contribution in [3.63, 3.8) is 0 Å². The van der Waals surface area contributed by atoms with E-state index in [2.05, 4.69) is 89.3 Å². The molecule has 0 radical (unpaired) electrons. The molecule has 2 aliphatic rings. The van der Waals surface area contributed by atoms with Crippen LogP contribution in [0.4, 0.5) is 5.69 Å². The average Bonchev–Trinajstić information content (AvgIpc) is 3.67. The molecule has 3 aromatic carbocycles. The number of halogens is 2. The first kappa shape index (κ1) is 32.2. The molecular formula is C34H38ClIN4O4Si. The third-order valence-electron chi connectivity index (χ3n) is 9.65. The lowest BCUT2D eigenvalue weighted by Crippen LogP contribution is -2.51. The highest BCUT2D eigenvalue weighted by Gasteiger charge is 2.66. The van der Waals surface area contributed by atoms with E-state index in [1.807, 2.05) is 46.1 Å². The highest BCUT2D eigenvalue weighted by atomic mass is 127. The van der Waals surface area contributed by atoms with E-state index in [1.54, 1.807) is 7.11 Å². The van der Waals surface area contributed by atoms with Gasteiger partial charge in [0, 0.05) is 45.8 Å². The first-order chi connectivity index (χ1) is 21.6. The Labute approximate surface area is 283 Å². The number of carbonyl (C=O) groups is 1. The first-order valence-electron chi connectivity index (χ1n) is 15.3. The molecule has 236 valence electrons. The average molecular weight is 757 g/mol. The van der Waals surface area contributed by atoms with Crippen molar-refractivity contribution < 1.29 is 19.4 Å². The van der Waals surface area contributed by atoms with Gasteiger partial charge in [-0.25, -0.2) is 0 Å². The van der Waals surface area contributed by atoms with Crippen molar-refractivity contribution in [2.45, 2.75) is 63.2 Å². The number of methoxy groups -OCH3 is 1. The Morgan fingerprint density at radius 3 is 2.53 bits per heavy atom. The molecule has 0 aliphatic carbocycles. The van der Waals surface area contributed by atoms with E-state index in [0.717, 1.165) is 31.8 Å². The summed E-state index contributed by atoms with van der Waals surface area (Å²) in [6.07, 6.45) is 2.78. The maximum absolute atomic E-state index is 14.9. The second-order valence-electron chi connectivity index (χ2n) is 12.6. The van der Waals surface area contributed by atoms with Crippen LogP contribution in [0.2, 0.25) is 23.7 Å². The maximum atomic E-state index is 14.9. The SMILES string of the molecule is COc1ccc([Si](C)(C)[C@@H]2[C@@H](CCn3cc(CCO)nn3)O[C@]3(C(=O)N(Cc4ccc(I)cc4)c4ccc(Cl)cc43)[C@H]2C)cc1. The normalized spacial score (nSPS) is 22.8. The van der Waals surface area contributed by atoms with Gasteiger partial charge in [-0.3, -0.25) is 9.48 Å². The van der Waals surface area contributed by atoms with Crippen LogP contribution in [0.25, 0.3) is 0 Å². The van der Waals surface area contributed by atoms with Crippen LogP contribution in [0.5, 0.6) is 5.75 Å². The van der Waals surface area contributed by atoms with E-state index in [9.17, 15) is 9.90 Å². The zero-order valence-electron chi connectivity index (χ0n) is 25.9. The number of ether oxygens (including phenoxy) is 2. The van der Waals surface area contributed by atoms with Gasteiger partial charge in [0.25, 0.3) is 5.91 Å². The Kier molecular flexibility index (Phi) is 9.14. The van der Waals surface area contributed by atoms with E-state index in [4.69, 9.17) is 21.1 Å². The molecule has 1 aromatic heterocycles. The molecule has 45 heavy (non-hydrogen) atoms. The van der Waals surface area contributed by atoms with Crippen LogP contribution in [0.3, 0.4) is 0 Å². The minimum Gasteiger partial charge on any atom is -0.497 e. The number of benzene rings is 3. The van der Waals surface area contributed by atoms with Crippen LogP contribution in [0, 0.1) is 9.49 Å². The molecule has 11 heteroatoms. The van der Waals surface area contributed by atoms with Crippen LogP contribution < -0.4 is 14.8 Å². The fraction of sp³-hybridized carbons (Fsp3) is 0.382. The summed E-state index contributed by atoms with van der Waals surface area (Å²) in [5.74, 6) is 0.653. The molecule has 1 amide bonds. The van der Waals surface area contributed by atoms with Crippen LogP contribution in [-0.4, -0.2) is 53.9 Å². The second-order valence-corrected chi connectivity index (χ2v) is 18.9. The van der Waals surface area contributed by atoms with Crippen LogP contribution in [-0.2, 0) is 34.6 Å². The van der Waals surface area contributed by atoms with Gasteiger partial charge in [-0.1, -0.05) is 66.3 Å². The zero-order valence-corrected chi connectivity index (χ0v) is 29.8. The summed E-state index contributed by atoms with van der Waals surface area (Å²) in [5, 5.41) is 19.7. The molecule has 0 bridgehead atoms. The van der Waals surface area contributed by atoms with E-state index >= 15 is 0 Å². The van der Waals surface area contributed by atoms with Gasteiger partial charge in [0.15, 0.2) is 5.60 Å². The lowest BCUT2D eigenvalue weighted by atomic mass is 9.82. The van der Waals surface area contributed by atoms with Crippen LogP contribution in [0.15, 0.2) is 72.9 Å². The minimum atomic E-state index is -2.28. The van der Waals surface area contributed by atoms with Crippen molar-refractivity contribution in [2.75, 3.05) is 18.6 Å². The fourth-order valence-corrected chi connectivity index (χ4v) is 12.0. The third kappa shape index (κ3) is 5.84. The van der Waals surface area contributed by atoms with Gasteiger partial charge in [-0.05, 0) is 82.6 Å². The van der Waals surface area contributed by atoms with E-state index < -0.39 is 13.7 Å².